The molecule has 88 valence electrons. The van der Waals surface area contributed by atoms with E-state index in [-0.39, 0.29) is 0 Å². The maximum Gasteiger partial charge on any atom is 0.0312 e. The van der Waals surface area contributed by atoms with Crippen LogP contribution in [0.3, 0.4) is 0 Å². The molecular weight excluding hydrogens is 198 g/mol. The second-order valence-corrected chi connectivity index (χ2v) is 4.48. The molecule has 1 atom stereocenters. The highest BCUT2D eigenvalue weighted by Gasteiger charge is 2.16. The summed E-state index contributed by atoms with van der Waals surface area (Å²) in [5.74, 6) is 0. The van der Waals surface area contributed by atoms with Gasteiger partial charge in [0, 0.05) is 31.5 Å². The monoisotopic (exact) mass is 219 g/mol. The summed E-state index contributed by atoms with van der Waals surface area (Å²) in [4.78, 5) is 6.65. The molecule has 1 unspecified atom stereocenters. The van der Waals surface area contributed by atoms with Crippen molar-refractivity contribution in [3.8, 4) is 0 Å². The summed E-state index contributed by atoms with van der Waals surface area (Å²) in [5, 5.41) is 3.55. The predicted molar refractivity (Wildman–Crippen MR) is 66.2 cm³/mol. The summed E-state index contributed by atoms with van der Waals surface area (Å²) in [6.45, 7) is 6.70. The summed E-state index contributed by atoms with van der Waals surface area (Å²) in [6, 6.07) is 4.85. The lowest BCUT2D eigenvalue weighted by molar-refractivity contribution is 0.253. The summed E-state index contributed by atoms with van der Waals surface area (Å²) < 4.78 is 0. The molecule has 0 spiro atoms. The highest BCUT2D eigenvalue weighted by atomic mass is 15.1. The SMILES string of the molecule is CCN(Cc1cccnc1)CC1CCCN1. The Morgan fingerprint density at radius 2 is 2.50 bits per heavy atom. The minimum atomic E-state index is 0.691. The molecule has 0 radical (unpaired) electrons. The number of likely N-dealkylation sites (N-methyl/N-ethyl adjacent to an activating group) is 1. The van der Waals surface area contributed by atoms with E-state index in [1.165, 1.54) is 24.9 Å². The van der Waals surface area contributed by atoms with E-state index in [2.05, 4.69) is 28.2 Å². The third-order valence-electron chi connectivity index (χ3n) is 3.22. The second kappa shape index (κ2) is 5.97. The van der Waals surface area contributed by atoms with Gasteiger partial charge < -0.3 is 5.32 Å². The van der Waals surface area contributed by atoms with Gasteiger partial charge in [-0.15, -0.1) is 0 Å². The summed E-state index contributed by atoms with van der Waals surface area (Å²) in [7, 11) is 0. The van der Waals surface area contributed by atoms with Gasteiger partial charge in [0.25, 0.3) is 0 Å². The van der Waals surface area contributed by atoms with E-state index in [4.69, 9.17) is 0 Å². The quantitative estimate of drug-likeness (QED) is 0.816. The van der Waals surface area contributed by atoms with Crippen LogP contribution in [0.4, 0.5) is 0 Å². The standard InChI is InChI=1S/C13H21N3/c1-2-16(11-13-6-4-8-15-13)10-12-5-3-7-14-9-12/h3,5,7,9,13,15H,2,4,6,8,10-11H2,1H3. The zero-order valence-corrected chi connectivity index (χ0v) is 10.0. The molecule has 0 amide bonds. The van der Waals surface area contributed by atoms with Crippen molar-refractivity contribution in [1.82, 2.24) is 15.2 Å². The van der Waals surface area contributed by atoms with E-state index in [1.54, 1.807) is 0 Å². The molecule has 3 heteroatoms. The van der Waals surface area contributed by atoms with Crippen molar-refractivity contribution >= 4 is 0 Å². The van der Waals surface area contributed by atoms with Gasteiger partial charge in [-0.3, -0.25) is 9.88 Å². The maximum atomic E-state index is 4.16. The Balaban J connectivity index is 1.85. The number of hydrogen-bond acceptors (Lipinski definition) is 3. The van der Waals surface area contributed by atoms with Crippen molar-refractivity contribution in [3.63, 3.8) is 0 Å². The molecule has 1 aliphatic rings. The van der Waals surface area contributed by atoms with Crippen molar-refractivity contribution in [2.24, 2.45) is 0 Å². The molecule has 1 aromatic heterocycles. The zero-order chi connectivity index (χ0) is 11.2. The molecule has 2 rings (SSSR count). The molecule has 0 bridgehead atoms. The van der Waals surface area contributed by atoms with Gasteiger partial charge in [-0.25, -0.2) is 0 Å². The minimum Gasteiger partial charge on any atom is -0.313 e. The van der Waals surface area contributed by atoms with Crippen LogP contribution in [0.25, 0.3) is 0 Å². The molecule has 0 aromatic carbocycles. The summed E-state index contributed by atoms with van der Waals surface area (Å²) in [6.07, 6.45) is 6.45. The lowest BCUT2D eigenvalue weighted by Gasteiger charge is -2.24. The van der Waals surface area contributed by atoms with Crippen LogP contribution >= 0.6 is 0 Å². The molecule has 1 fully saturated rings. The first-order chi connectivity index (χ1) is 7.88. The molecule has 1 saturated heterocycles. The molecule has 16 heavy (non-hydrogen) atoms. The maximum absolute atomic E-state index is 4.16. The van der Waals surface area contributed by atoms with Crippen molar-refractivity contribution in [3.05, 3.63) is 30.1 Å². The highest BCUT2D eigenvalue weighted by molar-refractivity contribution is 5.08. The van der Waals surface area contributed by atoms with E-state index in [0.29, 0.717) is 6.04 Å². The minimum absolute atomic E-state index is 0.691. The molecule has 1 N–H and O–H groups in total. The van der Waals surface area contributed by atoms with Crippen LogP contribution in [0.1, 0.15) is 25.3 Å². The molecule has 3 nitrogen and oxygen atoms in total. The van der Waals surface area contributed by atoms with Crippen molar-refractivity contribution in [2.75, 3.05) is 19.6 Å². The molecule has 1 aromatic rings. The van der Waals surface area contributed by atoms with Gasteiger partial charge in [0.1, 0.15) is 0 Å². The third-order valence-corrected chi connectivity index (χ3v) is 3.22. The number of nitrogens with zero attached hydrogens (tertiary/aromatic N) is 2. The second-order valence-electron chi connectivity index (χ2n) is 4.48. The first-order valence-electron chi connectivity index (χ1n) is 6.23. The van der Waals surface area contributed by atoms with E-state index in [9.17, 15) is 0 Å². The topological polar surface area (TPSA) is 28.2 Å². The molecule has 1 aliphatic heterocycles. The van der Waals surface area contributed by atoms with Crippen LogP contribution in [0, 0.1) is 0 Å². The summed E-state index contributed by atoms with van der Waals surface area (Å²) in [5.41, 5.74) is 1.31. The number of hydrogen-bond donors (Lipinski definition) is 1. The van der Waals surface area contributed by atoms with Gasteiger partial charge in [-0.2, -0.15) is 0 Å². The van der Waals surface area contributed by atoms with Crippen LogP contribution in [0.2, 0.25) is 0 Å². The number of nitrogens with one attached hydrogen (secondary N) is 1. The third kappa shape index (κ3) is 3.29. The van der Waals surface area contributed by atoms with Crippen LogP contribution in [-0.4, -0.2) is 35.6 Å². The van der Waals surface area contributed by atoms with Crippen LogP contribution in [-0.2, 0) is 6.54 Å². The van der Waals surface area contributed by atoms with E-state index in [0.717, 1.165) is 19.6 Å². The van der Waals surface area contributed by atoms with Gasteiger partial charge in [0.2, 0.25) is 0 Å². The van der Waals surface area contributed by atoms with Gasteiger partial charge in [-0.05, 0) is 37.6 Å². The zero-order valence-electron chi connectivity index (χ0n) is 10.0. The normalized spacial score (nSPS) is 20.5. The van der Waals surface area contributed by atoms with Crippen LogP contribution in [0.15, 0.2) is 24.5 Å². The van der Waals surface area contributed by atoms with E-state index in [1.807, 2.05) is 18.5 Å². The highest BCUT2D eigenvalue weighted by Crippen LogP contribution is 2.09. The Bertz CT molecular complexity index is 293. The Labute approximate surface area is 97.9 Å². The van der Waals surface area contributed by atoms with Gasteiger partial charge >= 0.3 is 0 Å². The molecule has 0 aliphatic carbocycles. The van der Waals surface area contributed by atoms with Crippen LogP contribution < -0.4 is 5.32 Å². The van der Waals surface area contributed by atoms with Crippen molar-refractivity contribution < 1.29 is 0 Å². The molecular formula is C13H21N3. The fourth-order valence-corrected chi connectivity index (χ4v) is 2.28. The first-order valence-corrected chi connectivity index (χ1v) is 6.23. The molecule has 2 heterocycles. The predicted octanol–water partition coefficient (Wildman–Crippen LogP) is 1.66. The van der Waals surface area contributed by atoms with E-state index >= 15 is 0 Å². The lowest BCUT2D eigenvalue weighted by Crippen LogP contribution is -2.37. The van der Waals surface area contributed by atoms with Crippen molar-refractivity contribution in [2.45, 2.75) is 32.4 Å². The number of aromatic nitrogens is 1. The number of pyridine rings is 1. The Morgan fingerprint density at radius 1 is 1.56 bits per heavy atom. The van der Waals surface area contributed by atoms with Gasteiger partial charge in [-0.1, -0.05) is 13.0 Å². The van der Waals surface area contributed by atoms with Gasteiger partial charge in [0.15, 0.2) is 0 Å². The average molecular weight is 219 g/mol. The smallest absolute Gasteiger partial charge is 0.0312 e. The first kappa shape index (κ1) is 11.6. The number of rotatable bonds is 5. The fraction of sp³-hybridized carbons (Fsp3) is 0.615. The van der Waals surface area contributed by atoms with Crippen LogP contribution in [0.5, 0.6) is 0 Å². The molecule has 0 saturated carbocycles. The van der Waals surface area contributed by atoms with E-state index < -0.39 is 0 Å². The largest absolute Gasteiger partial charge is 0.313 e. The average Bonchev–Trinajstić information content (AvgIpc) is 2.82. The lowest BCUT2D eigenvalue weighted by atomic mass is 10.2. The fourth-order valence-electron chi connectivity index (χ4n) is 2.28. The summed E-state index contributed by atoms with van der Waals surface area (Å²) >= 11 is 0. The Morgan fingerprint density at radius 3 is 3.12 bits per heavy atom. The van der Waals surface area contributed by atoms with Gasteiger partial charge in [0.05, 0.1) is 0 Å². The Hall–Kier alpha value is -0.930. The Kier molecular flexibility index (Phi) is 4.31. The van der Waals surface area contributed by atoms with Crippen molar-refractivity contribution in [1.29, 1.82) is 0 Å².